The van der Waals surface area contributed by atoms with Gasteiger partial charge in [-0.1, -0.05) is 18.2 Å². The van der Waals surface area contributed by atoms with Crippen molar-refractivity contribution in [1.82, 2.24) is 0 Å². The fraction of sp³-hybridized carbons (Fsp3) is 0.250. The minimum absolute atomic E-state index is 0.250. The Morgan fingerprint density at radius 3 is 2.28 bits per heavy atom. The lowest BCUT2D eigenvalue weighted by atomic mass is 10.1. The summed E-state index contributed by atoms with van der Waals surface area (Å²) < 4.78 is 57.0. The molecule has 2 aromatic carbocycles. The molecule has 0 saturated heterocycles. The number of alkyl halides is 3. The summed E-state index contributed by atoms with van der Waals surface area (Å²) in [7, 11) is 1.46. The normalized spacial score (nSPS) is 18.9. The molecule has 9 heteroatoms. The van der Waals surface area contributed by atoms with Crippen LogP contribution in [0.3, 0.4) is 0 Å². The van der Waals surface area contributed by atoms with Crippen LogP contribution in [0.4, 0.5) is 13.2 Å². The minimum Gasteiger partial charge on any atom is -0.497 e. The Morgan fingerprint density at radius 1 is 1.07 bits per heavy atom. The van der Waals surface area contributed by atoms with E-state index < -0.39 is 23.8 Å². The van der Waals surface area contributed by atoms with Crippen LogP contribution in [0.2, 0.25) is 0 Å². The smallest absolute Gasteiger partial charge is 0.463 e. The average Bonchev–Trinajstić information content (AvgIpc) is 2.73. The van der Waals surface area contributed by atoms with E-state index in [0.29, 0.717) is 5.75 Å². The van der Waals surface area contributed by atoms with E-state index in [1.807, 2.05) is 0 Å². The lowest BCUT2D eigenvalue weighted by Crippen LogP contribution is -2.56. The number of benzene rings is 2. The van der Waals surface area contributed by atoms with Gasteiger partial charge in [-0.25, -0.2) is 9.79 Å². The molecule has 1 aliphatic rings. The van der Waals surface area contributed by atoms with Crippen molar-refractivity contribution in [3.63, 3.8) is 0 Å². The van der Waals surface area contributed by atoms with E-state index in [0.717, 1.165) is 0 Å². The third kappa shape index (κ3) is 3.94. The summed E-state index contributed by atoms with van der Waals surface area (Å²) in [6.45, 7) is 1.12. The zero-order chi connectivity index (χ0) is 21.1. The standard InChI is InChI=1S/C20H17F3N2O4/c1-3-28-18(26)19(20(21,22)23)25-16(13-9-11-15(27-2)12-10-13)24-17(29-19)14-7-5-4-6-8-14/h4-12H,3H2,1-2H3. The van der Waals surface area contributed by atoms with Crippen molar-refractivity contribution < 1.29 is 32.2 Å². The van der Waals surface area contributed by atoms with E-state index in [4.69, 9.17) is 9.47 Å². The van der Waals surface area contributed by atoms with E-state index in [9.17, 15) is 18.0 Å². The van der Waals surface area contributed by atoms with Crippen molar-refractivity contribution in [2.45, 2.75) is 18.8 Å². The van der Waals surface area contributed by atoms with Gasteiger partial charge in [0.25, 0.3) is 0 Å². The Balaban J connectivity index is 2.19. The molecular formula is C20H17F3N2O4. The summed E-state index contributed by atoms with van der Waals surface area (Å²) in [5, 5.41) is 0. The second-order valence-corrected chi connectivity index (χ2v) is 5.91. The number of hydrogen-bond acceptors (Lipinski definition) is 6. The summed E-state index contributed by atoms with van der Waals surface area (Å²) in [4.78, 5) is 20.1. The van der Waals surface area contributed by atoms with Crippen LogP contribution in [0.15, 0.2) is 64.6 Å². The Hall–Kier alpha value is -3.36. The van der Waals surface area contributed by atoms with Crippen molar-refractivity contribution in [2.24, 2.45) is 9.98 Å². The van der Waals surface area contributed by atoms with Gasteiger partial charge in [0.1, 0.15) is 5.75 Å². The van der Waals surface area contributed by atoms with Crippen LogP contribution in [-0.2, 0) is 14.3 Å². The number of halogens is 3. The van der Waals surface area contributed by atoms with Crippen LogP contribution >= 0.6 is 0 Å². The van der Waals surface area contributed by atoms with Gasteiger partial charge < -0.3 is 14.2 Å². The van der Waals surface area contributed by atoms with Crippen molar-refractivity contribution in [3.8, 4) is 5.75 Å². The number of carbonyl (C=O) groups is 1. The molecule has 6 nitrogen and oxygen atoms in total. The first-order chi connectivity index (χ1) is 13.8. The number of amidine groups is 1. The predicted octanol–water partition coefficient (Wildman–Crippen LogP) is 3.74. The molecular weight excluding hydrogens is 389 g/mol. The number of aliphatic imine (C=N–C) groups is 2. The van der Waals surface area contributed by atoms with Crippen molar-refractivity contribution in [2.75, 3.05) is 13.7 Å². The topological polar surface area (TPSA) is 69.5 Å². The average molecular weight is 406 g/mol. The SMILES string of the molecule is CCOC(=O)C1(C(F)(F)F)N=C(c2ccc(OC)cc2)N=C(c2ccccc2)O1. The molecule has 1 atom stereocenters. The van der Waals surface area contributed by atoms with Crippen molar-refractivity contribution >= 4 is 17.7 Å². The van der Waals surface area contributed by atoms with Crippen LogP contribution < -0.4 is 4.74 Å². The third-order valence-electron chi connectivity index (χ3n) is 4.02. The highest BCUT2D eigenvalue weighted by atomic mass is 19.4. The van der Waals surface area contributed by atoms with Crippen molar-refractivity contribution in [3.05, 3.63) is 65.7 Å². The predicted molar refractivity (Wildman–Crippen MR) is 99.0 cm³/mol. The van der Waals surface area contributed by atoms with Crippen LogP contribution in [0, 0.1) is 0 Å². The largest absolute Gasteiger partial charge is 0.497 e. The molecule has 1 unspecified atom stereocenters. The number of hydrogen-bond donors (Lipinski definition) is 0. The molecule has 0 aromatic heterocycles. The highest BCUT2D eigenvalue weighted by Crippen LogP contribution is 2.39. The monoisotopic (exact) mass is 406 g/mol. The molecule has 152 valence electrons. The highest BCUT2D eigenvalue weighted by Gasteiger charge is 2.67. The number of carbonyl (C=O) groups excluding carboxylic acids is 1. The Morgan fingerprint density at radius 2 is 1.72 bits per heavy atom. The van der Waals surface area contributed by atoms with E-state index >= 15 is 0 Å². The first kappa shape index (κ1) is 20.4. The lowest BCUT2D eigenvalue weighted by molar-refractivity contribution is -0.255. The second kappa shape index (κ2) is 7.94. The van der Waals surface area contributed by atoms with Crippen LogP contribution in [0.1, 0.15) is 18.1 Å². The number of methoxy groups -OCH3 is 1. The zero-order valence-electron chi connectivity index (χ0n) is 15.6. The van der Waals surface area contributed by atoms with E-state index in [-0.39, 0.29) is 23.6 Å². The maximum absolute atomic E-state index is 14.1. The molecule has 0 aliphatic carbocycles. The van der Waals surface area contributed by atoms with Crippen molar-refractivity contribution in [1.29, 1.82) is 0 Å². The van der Waals surface area contributed by atoms with Crippen LogP contribution in [0.25, 0.3) is 0 Å². The van der Waals surface area contributed by atoms with Gasteiger partial charge in [-0.3, -0.25) is 0 Å². The molecule has 0 fully saturated rings. The molecule has 0 saturated carbocycles. The van der Waals surface area contributed by atoms with Gasteiger partial charge in [-0.2, -0.15) is 18.2 Å². The quantitative estimate of drug-likeness (QED) is 0.710. The van der Waals surface area contributed by atoms with E-state index in [1.54, 1.807) is 30.3 Å². The van der Waals surface area contributed by atoms with Gasteiger partial charge >= 0.3 is 17.9 Å². The fourth-order valence-corrected chi connectivity index (χ4v) is 2.58. The Bertz CT molecular complexity index is 940. The number of nitrogens with zero attached hydrogens (tertiary/aromatic N) is 2. The molecule has 0 spiro atoms. The van der Waals surface area contributed by atoms with Crippen LogP contribution in [0.5, 0.6) is 5.75 Å². The summed E-state index contributed by atoms with van der Waals surface area (Å²) in [6.07, 6.45) is -5.19. The van der Waals surface area contributed by atoms with Gasteiger partial charge in [-0.15, -0.1) is 0 Å². The number of rotatable bonds is 5. The molecule has 2 aromatic rings. The van der Waals surface area contributed by atoms with E-state index in [2.05, 4.69) is 14.7 Å². The summed E-state index contributed by atoms with van der Waals surface area (Å²) in [6, 6.07) is 14.0. The van der Waals surface area contributed by atoms with Gasteiger partial charge in [0.2, 0.25) is 5.90 Å². The Labute approximate surface area is 164 Å². The lowest BCUT2D eigenvalue weighted by Gasteiger charge is -2.33. The maximum atomic E-state index is 14.1. The summed E-state index contributed by atoms with van der Waals surface area (Å²) in [5.41, 5.74) is -3.06. The number of esters is 1. The molecule has 0 radical (unpaired) electrons. The van der Waals surface area contributed by atoms with Crippen LogP contribution in [-0.4, -0.2) is 43.3 Å². The van der Waals surface area contributed by atoms with E-state index in [1.165, 1.54) is 38.3 Å². The molecule has 0 bridgehead atoms. The Kier molecular flexibility index (Phi) is 5.58. The highest BCUT2D eigenvalue weighted by molar-refractivity contribution is 6.12. The first-order valence-corrected chi connectivity index (χ1v) is 8.62. The zero-order valence-corrected chi connectivity index (χ0v) is 15.6. The molecule has 3 rings (SSSR count). The van der Waals surface area contributed by atoms with Gasteiger partial charge in [0, 0.05) is 11.1 Å². The summed E-state index contributed by atoms with van der Waals surface area (Å²) >= 11 is 0. The van der Waals surface area contributed by atoms with Gasteiger partial charge in [0.05, 0.1) is 13.7 Å². The third-order valence-corrected chi connectivity index (χ3v) is 4.02. The maximum Gasteiger partial charge on any atom is 0.463 e. The second-order valence-electron chi connectivity index (χ2n) is 5.91. The molecule has 0 N–H and O–H groups in total. The van der Waals surface area contributed by atoms with Gasteiger partial charge in [0.15, 0.2) is 5.84 Å². The molecule has 0 amide bonds. The molecule has 29 heavy (non-hydrogen) atoms. The molecule has 1 aliphatic heterocycles. The first-order valence-electron chi connectivity index (χ1n) is 8.62. The molecule has 1 heterocycles. The summed E-state index contributed by atoms with van der Waals surface area (Å²) in [5.74, 6) is -1.87. The fourth-order valence-electron chi connectivity index (χ4n) is 2.58. The minimum atomic E-state index is -5.19. The number of ether oxygens (including phenoxy) is 3. The van der Waals surface area contributed by atoms with Gasteiger partial charge in [-0.05, 0) is 43.3 Å².